The molecule has 1 aliphatic heterocycles. The van der Waals surface area contributed by atoms with Crippen LogP contribution >= 0.6 is 22.9 Å². The second-order valence-electron chi connectivity index (χ2n) is 4.57. The molecule has 0 unspecified atom stereocenters. The van der Waals surface area contributed by atoms with Gasteiger partial charge in [0, 0.05) is 17.0 Å². The molecule has 0 saturated carbocycles. The molecule has 6 heteroatoms. The van der Waals surface area contributed by atoms with Gasteiger partial charge in [-0.05, 0) is 13.8 Å². The fourth-order valence-electron chi connectivity index (χ4n) is 2.11. The molecule has 20 heavy (non-hydrogen) atoms. The number of benzene rings is 1. The molecule has 0 fully saturated rings. The monoisotopic (exact) mass is 310 g/mol. The molecule has 3 rings (SSSR count). The Morgan fingerprint density at radius 3 is 2.60 bits per heavy atom. The highest BCUT2D eigenvalue weighted by Crippen LogP contribution is 2.38. The summed E-state index contributed by atoms with van der Waals surface area (Å²) >= 11 is 7.96. The molecule has 1 aromatic carbocycles. The van der Waals surface area contributed by atoms with Crippen molar-refractivity contribution >= 4 is 28.6 Å². The molecule has 1 N–H and O–H groups in total. The number of hydrogen-bond acceptors (Lipinski definition) is 5. The normalized spacial score (nSPS) is 13.3. The summed E-state index contributed by atoms with van der Waals surface area (Å²) in [5, 5.41) is 5.05. The number of thiazole rings is 1. The zero-order valence-corrected chi connectivity index (χ0v) is 12.9. The summed E-state index contributed by atoms with van der Waals surface area (Å²) in [5.74, 6) is 1.44. The van der Waals surface area contributed by atoms with Gasteiger partial charge in [-0.1, -0.05) is 11.6 Å². The van der Waals surface area contributed by atoms with Crippen LogP contribution in [-0.4, -0.2) is 18.2 Å². The maximum Gasteiger partial charge on any atom is 0.163 e. The minimum absolute atomic E-state index is 0.565. The maximum absolute atomic E-state index is 6.26. The van der Waals surface area contributed by atoms with E-state index in [1.807, 2.05) is 19.9 Å². The van der Waals surface area contributed by atoms with Crippen molar-refractivity contribution in [1.82, 2.24) is 4.98 Å². The van der Waals surface area contributed by atoms with Crippen LogP contribution in [0.25, 0.3) is 0 Å². The molecule has 0 bridgehead atoms. The Hall–Kier alpha value is -1.46. The number of nitrogens with one attached hydrogen (secondary N) is 1. The largest absolute Gasteiger partial charge is 0.486 e. The molecule has 0 radical (unpaired) electrons. The Labute approximate surface area is 126 Å². The number of fused-ring (bicyclic) bond motifs is 1. The summed E-state index contributed by atoms with van der Waals surface area (Å²) in [6.45, 7) is 5.87. The second kappa shape index (κ2) is 5.50. The molecule has 0 saturated heterocycles. The Morgan fingerprint density at radius 2 is 1.95 bits per heavy atom. The lowest BCUT2D eigenvalue weighted by atomic mass is 10.2. The first-order valence-electron chi connectivity index (χ1n) is 6.39. The molecular formula is C14H15ClN2O2S. The first kappa shape index (κ1) is 13.5. The Kier molecular flexibility index (Phi) is 3.72. The number of rotatable bonds is 3. The topological polar surface area (TPSA) is 43.4 Å². The van der Waals surface area contributed by atoms with Gasteiger partial charge in [0.25, 0.3) is 0 Å². The molecular weight excluding hydrogens is 296 g/mol. The molecule has 4 nitrogen and oxygen atoms in total. The van der Waals surface area contributed by atoms with Crippen molar-refractivity contribution in [2.24, 2.45) is 0 Å². The maximum atomic E-state index is 6.26. The lowest BCUT2D eigenvalue weighted by molar-refractivity contribution is 0.171. The molecule has 0 spiro atoms. The van der Waals surface area contributed by atoms with Crippen LogP contribution in [0.5, 0.6) is 11.5 Å². The van der Waals surface area contributed by atoms with E-state index in [9.17, 15) is 0 Å². The van der Waals surface area contributed by atoms with E-state index in [4.69, 9.17) is 21.1 Å². The average molecular weight is 311 g/mol. The van der Waals surface area contributed by atoms with Crippen molar-refractivity contribution in [3.63, 3.8) is 0 Å². The summed E-state index contributed by atoms with van der Waals surface area (Å²) < 4.78 is 11.1. The summed E-state index contributed by atoms with van der Waals surface area (Å²) in [7, 11) is 0. The molecule has 2 heterocycles. The van der Waals surface area contributed by atoms with E-state index in [2.05, 4.69) is 10.3 Å². The van der Waals surface area contributed by atoms with Crippen LogP contribution in [0.1, 0.15) is 15.6 Å². The first-order chi connectivity index (χ1) is 9.63. The van der Waals surface area contributed by atoms with Crippen LogP contribution in [0.15, 0.2) is 12.1 Å². The molecule has 2 aromatic rings. The van der Waals surface area contributed by atoms with E-state index < -0.39 is 0 Å². The average Bonchev–Trinajstić information content (AvgIpc) is 2.74. The first-order valence-corrected chi connectivity index (χ1v) is 7.59. The van der Waals surface area contributed by atoms with E-state index >= 15 is 0 Å². The molecule has 0 amide bonds. The lowest BCUT2D eigenvalue weighted by Crippen LogP contribution is -2.15. The minimum Gasteiger partial charge on any atom is -0.486 e. The van der Waals surface area contributed by atoms with E-state index in [1.54, 1.807) is 17.4 Å². The van der Waals surface area contributed by atoms with Gasteiger partial charge < -0.3 is 14.8 Å². The number of aromatic nitrogens is 1. The van der Waals surface area contributed by atoms with Crippen LogP contribution in [-0.2, 0) is 6.54 Å². The second-order valence-corrected chi connectivity index (χ2v) is 6.27. The van der Waals surface area contributed by atoms with Crippen LogP contribution in [0.2, 0.25) is 5.02 Å². The quantitative estimate of drug-likeness (QED) is 0.936. The van der Waals surface area contributed by atoms with Crippen molar-refractivity contribution in [2.45, 2.75) is 20.4 Å². The van der Waals surface area contributed by atoms with Gasteiger partial charge in [-0.2, -0.15) is 0 Å². The van der Waals surface area contributed by atoms with E-state index in [-0.39, 0.29) is 0 Å². The highest BCUT2D eigenvalue weighted by Gasteiger charge is 2.15. The standard InChI is InChI=1S/C14H15ClN2O2S/c1-8-14(20-9(2)17-8)7-16-11-6-13-12(5-10(11)15)18-3-4-19-13/h5-6,16H,3-4,7H2,1-2H3. The lowest BCUT2D eigenvalue weighted by Gasteiger charge is -2.20. The smallest absolute Gasteiger partial charge is 0.163 e. The van der Waals surface area contributed by atoms with Crippen molar-refractivity contribution in [3.05, 3.63) is 32.7 Å². The third-order valence-electron chi connectivity index (χ3n) is 3.07. The van der Waals surface area contributed by atoms with Gasteiger partial charge in [0.2, 0.25) is 0 Å². The predicted octanol–water partition coefficient (Wildman–Crippen LogP) is 3.80. The molecule has 1 aromatic heterocycles. The van der Waals surface area contributed by atoms with Crippen LogP contribution in [0.4, 0.5) is 5.69 Å². The summed E-state index contributed by atoms with van der Waals surface area (Å²) in [6, 6.07) is 3.68. The SMILES string of the molecule is Cc1nc(C)c(CNc2cc3c(cc2Cl)OCCO3)s1. The van der Waals surface area contributed by atoms with E-state index in [0.29, 0.717) is 30.5 Å². The number of hydrogen-bond donors (Lipinski definition) is 1. The van der Waals surface area contributed by atoms with Crippen molar-refractivity contribution in [2.75, 3.05) is 18.5 Å². The fraction of sp³-hybridized carbons (Fsp3) is 0.357. The predicted molar refractivity (Wildman–Crippen MR) is 81.4 cm³/mol. The third-order valence-corrected chi connectivity index (χ3v) is 4.46. The van der Waals surface area contributed by atoms with Gasteiger partial charge >= 0.3 is 0 Å². The highest BCUT2D eigenvalue weighted by atomic mass is 35.5. The minimum atomic E-state index is 0.565. The number of halogens is 1. The van der Waals surface area contributed by atoms with Crippen molar-refractivity contribution < 1.29 is 9.47 Å². The number of anilines is 1. The highest BCUT2D eigenvalue weighted by molar-refractivity contribution is 7.11. The molecule has 0 aliphatic carbocycles. The van der Waals surface area contributed by atoms with E-state index in [1.165, 1.54) is 4.88 Å². The summed E-state index contributed by atoms with van der Waals surface area (Å²) in [6.07, 6.45) is 0. The van der Waals surface area contributed by atoms with Crippen molar-refractivity contribution in [1.29, 1.82) is 0 Å². The zero-order valence-electron chi connectivity index (χ0n) is 11.3. The van der Waals surface area contributed by atoms with Crippen LogP contribution < -0.4 is 14.8 Å². The zero-order chi connectivity index (χ0) is 14.1. The fourth-order valence-corrected chi connectivity index (χ4v) is 3.21. The Balaban J connectivity index is 1.79. The van der Waals surface area contributed by atoms with Gasteiger partial charge in [0.15, 0.2) is 11.5 Å². The molecule has 1 aliphatic rings. The Morgan fingerprint density at radius 1 is 1.25 bits per heavy atom. The van der Waals surface area contributed by atoms with E-state index in [0.717, 1.165) is 22.1 Å². The summed E-state index contributed by atoms with van der Waals surface area (Å²) in [5.41, 5.74) is 1.91. The third kappa shape index (κ3) is 2.69. The van der Waals surface area contributed by atoms with Crippen LogP contribution in [0.3, 0.4) is 0 Å². The summed E-state index contributed by atoms with van der Waals surface area (Å²) in [4.78, 5) is 5.63. The molecule has 0 atom stereocenters. The van der Waals surface area contributed by atoms with Gasteiger partial charge in [-0.3, -0.25) is 0 Å². The van der Waals surface area contributed by atoms with Gasteiger partial charge in [-0.15, -0.1) is 11.3 Å². The van der Waals surface area contributed by atoms with Gasteiger partial charge in [0.05, 0.1) is 28.0 Å². The Bertz CT molecular complexity index is 642. The van der Waals surface area contributed by atoms with Crippen molar-refractivity contribution in [3.8, 4) is 11.5 Å². The number of aryl methyl sites for hydroxylation is 2. The van der Waals surface area contributed by atoms with Crippen LogP contribution in [0, 0.1) is 13.8 Å². The molecule has 106 valence electrons. The number of ether oxygens (including phenoxy) is 2. The number of nitrogens with zero attached hydrogens (tertiary/aromatic N) is 1. The van der Waals surface area contributed by atoms with Gasteiger partial charge in [-0.25, -0.2) is 4.98 Å². The van der Waals surface area contributed by atoms with Gasteiger partial charge in [0.1, 0.15) is 13.2 Å².